The van der Waals surface area contributed by atoms with Crippen LogP contribution < -0.4 is 14.8 Å². The van der Waals surface area contributed by atoms with E-state index in [1.54, 1.807) is 18.2 Å². The van der Waals surface area contributed by atoms with Gasteiger partial charge < -0.3 is 14.8 Å². The van der Waals surface area contributed by atoms with Gasteiger partial charge in [-0.05, 0) is 29.3 Å². The molecule has 1 amide bonds. The lowest BCUT2D eigenvalue weighted by Crippen LogP contribution is -2.25. The number of fused-ring (bicyclic) bond motifs is 1. The molecule has 1 N–H and O–H groups in total. The van der Waals surface area contributed by atoms with Crippen molar-refractivity contribution < 1.29 is 14.3 Å². The van der Waals surface area contributed by atoms with Crippen molar-refractivity contribution in [3.8, 4) is 11.5 Å². The molecule has 0 atom stereocenters. The van der Waals surface area contributed by atoms with Gasteiger partial charge in [-0.25, -0.2) is 0 Å². The third kappa shape index (κ3) is 3.89. The Hall–Kier alpha value is -1.91. The van der Waals surface area contributed by atoms with Crippen LogP contribution in [0.2, 0.25) is 10.0 Å². The molecule has 1 aliphatic heterocycles. The Morgan fingerprint density at radius 2 is 1.87 bits per heavy atom. The van der Waals surface area contributed by atoms with Gasteiger partial charge in [0.1, 0.15) is 13.2 Å². The molecule has 0 saturated heterocycles. The van der Waals surface area contributed by atoms with E-state index >= 15 is 0 Å². The van der Waals surface area contributed by atoms with Gasteiger partial charge in [0.05, 0.1) is 11.4 Å². The summed E-state index contributed by atoms with van der Waals surface area (Å²) >= 11 is 12.2. The van der Waals surface area contributed by atoms with Gasteiger partial charge >= 0.3 is 0 Å². The maximum absolute atomic E-state index is 12.1. The summed E-state index contributed by atoms with van der Waals surface area (Å²) in [5.74, 6) is 1.01. The minimum absolute atomic E-state index is 0.113. The number of amides is 1. The summed E-state index contributed by atoms with van der Waals surface area (Å²) in [7, 11) is 0. The van der Waals surface area contributed by atoms with Crippen LogP contribution >= 0.6 is 23.2 Å². The molecule has 0 aromatic heterocycles. The summed E-state index contributed by atoms with van der Waals surface area (Å²) in [4.78, 5) is 12.1. The highest BCUT2D eigenvalue weighted by molar-refractivity contribution is 6.32. The molecule has 1 heterocycles. The Morgan fingerprint density at radius 1 is 1.09 bits per heavy atom. The average Bonchev–Trinajstić information content (AvgIpc) is 2.54. The van der Waals surface area contributed by atoms with E-state index in [1.807, 2.05) is 18.2 Å². The van der Waals surface area contributed by atoms with Crippen molar-refractivity contribution in [2.24, 2.45) is 0 Å². The van der Waals surface area contributed by atoms with E-state index in [0.717, 1.165) is 11.1 Å². The first-order valence-electron chi connectivity index (χ1n) is 7.21. The molecule has 3 rings (SSSR count). The van der Waals surface area contributed by atoms with Crippen LogP contribution in [0.4, 0.5) is 0 Å². The molecule has 2 aromatic carbocycles. The quantitative estimate of drug-likeness (QED) is 0.914. The van der Waals surface area contributed by atoms with E-state index in [0.29, 0.717) is 41.3 Å². The van der Waals surface area contributed by atoms with Gasteiger partial charge in [-0.2, -0.15) is 0 Å². The summed E-state index contributed by atoms with van der Waals surface area (Å²) in [6.45, 7) is 1.34. The van der Waals surface area contributed by atoms with Crippen LogP contribution in [0.5, 0.6) is 11.5 Å². The predicted octanol–water partition coefficient (Wildman–Crippen LogP) is 3.62. The Balaban J connectivity index is 1.64. The van der Waals surface area contributed by atoms with Crippen LogP contribution in [-0.4, -0.2) is 19.1 Å². The van der Waals surface area contributed by atoms with E-state index in [9.17, 15) is 4.79 Å². The number of rotatable bonds is 4. The highest BCUT2D eigenvalue weighted by Gasteiger charge is 2.17. The second-order valence-electron chi connectivity index (χ2n) is 5.15. The average molecular weight is 352 g/mol. The monoisotopic (exact) mass is 351 g/mol. The second-order valence-corrected chi connectivity index (χ2v) is 5.96. The molecule has 1 aliphatic rings. The van der Waals surface area contributed by atoms with Gasteiger partial charge in [0.25, 0.3) is 0 Å². The molecular formula is C17H15Cl2NO3. The fraction of sp³-hybridized carbons (Fsp3) is 0.235. The molecular weight excluding hydrogens is 337 g/mol. The molecule has 0 radical (unpaired) electrons. The minimum atomic E-state index is -0.113. The molecule has 23 heavy (non-hydrogen) atoms. The topological polar surface area (TPSA) is 47.6 Å². The van der Waals surface area contributed by atoms with E-state index in [1.165, 1.54) is 0 Å². The SMILES string of the molecule is O=C(Cc1cc(Cl)c2c(c1)OCCO2)NCc1ccccc1Cl. The third-order valence-electron chi connectivity index (χ3n) is 3.46. The molecule has 0 bridgehead atoms. The number of carbonyl (C=O) groups excluding carboxylic acids is 1. The Kier molecular flexibility index (Phi) is 4.94. The van der Waals surface area contributed by atoms with E-state index in [-0.39, 0.29) is 12.3 Å². The van der Waals surface area contributed by atoms with Gasteiger partial charge in [-0.1, -0.05) is 41.4 Å². The fourth-order valence-electron chi connectivity index (χ4n) is 2.35. The van der Waals surface area contributed by atoms with Crippen molar-refractivity contribution in [1.82, 2.24) is 5.32 Å². The molecule has 0 unspecified atom stereocenters. The van der Waals surface area contributed by atoms with Crippen molar-refractivity contribution >= 4 is 29.1 Å². The number of carbonyl (C=O) groups is 1. The van der Waals surface area contributed by atoms with Gasteiger partial charge in [0.2, 0.25) is 5.91 Å². The first-order chi connectivity index (χ1) is 11.1. The molecule has 2 aromatic rings. The molecule has 0 fully saturated rings. The van der Waals surface area contributed by atoms with Crippen LogP contribution in [0, 0.1) is 0 Å². The third-order valence-corrected chi connectivity index (χ3v) is 4.10. The molecule has 0 saturated carbocycles. The van der Waals surface area contributed by atoms with Crippen molar-refractivity contribution in [2.75, 3.05) is 13.2 Å². The summed E-state index contributed by atoms with van der Waals surface area (Å²) in [5.41, 5.74) is 1.65. The van der Waals surface area contributed by atoms with Crippen molar-refractivity contribution in [3.05, 3.63) is 57.6 Å². The standard InChI is InChI=1S/C17H15Cl2NO3/c18-13-4-2-1-3-12(13)10-20-16(21)9-11-7-14(19)17-15(8-11)22-5-6-23-17/h1-4,7-8H,5-6,9-10H2,(H,20,21). The second kappa shape index (κ2) is 7.11. The number of hydrogen-bond donors (Lipinski definition) is 1. The lowest BCUT2D eigenvalue weighted by molar-refractivity contribution is -0.120. The smallest absolute Gasteiger partial charge is 0.224 e. The largest absolute Gasteiger partial charge is 0.486 e. The van der Waals surface area contributed by atoms with E-state index < -0.39 is 0 Å². The predicted molar refractivity (Wildman–Crippen MR) is 89.4 cm³/mol. The Morgan fingerprint density at radius 3 is 2.70 bits per heavy atom. The molecule has 120 valence electrons. The van der Waals surface area contributed by atoms with E-state index in [4.69, 9.17) is 32.7 Å². The van der Waals surface area contributed by atoms with E-state index in [2.05, 4.69) is 5.32 Å². The summed E-state index contributed by atoms with van der Waals surface area (Å²) in [5, 5.41) is 3.94. The number of nitrogens with one attached hydrogen (secondary N) is 1. The first kappa shape index (κ1) is 16.0. The maximum Gasteiger partial charge on any atom is 0.224 e. The molecule has 4 nitrogen and oxygen atoms in total. The minimum Gasteiger partial charge on any atom is -0.486 e. The van der Waals surface area contributed by atoms with Gasteiger partial charge in [0, 0.05) is 11.6 Å². The fourth-order valence-corrected chi connectivity index (χ4v) is 2.84. The lowest BCUT2D eigenvalue weighted by atomic mass is 10.1. The zero-order chi connectivity index (χ0) is 16.2. The zero-order valence-electron chi connectivity index (χ0n) is 12.3. The van der Waals surface area contributed by atoms with Crippen molar-refractivity contribution in [2.45, 2.75) is 13.0 Å². The number of benzene rings is 2. The van der Waals surface area contributed by atoms with Crippen molar-refractivity contribution in [3.63, 3.8) is 0 Å². The van der Waals surface area contributed by atoms with Crippen molar-refractivity contribution in [1.29, 1.82) is 0 Å². The van der Waals surface area contributed by atoms with Crippen LogP contribution in [0.25, 0.3) is 0 Å². The molecule has 6 heteroatoms. The number of halogens is 2. The van der Waals surface area contributed by atoms with Crippen LogP contribution in [-0.2, 0) is 17.8 Å². The van der Waals surface area contributed by atoms with Gasteiger partial charge in [-0.3, -0.25) is 4.79 Å². The summed E-state index contributed by atoms with van der Waals surface area (Å²) < 4.78 is 11.0. The maximum atomic E-state index is 12.1. The van der Waals surface area contributed by atoms with Crippen LogP contribution in [0.1, 0.15) is 11.1 Å². The highest BCUT2D eigenvalue weighted by Crippen LogP contribution is 2.38. The lowest BCUT2D eigenvalue weighted by Gasteiger charge is -2.20. The van der Waals surface area contributed by atoms with Crippen LogP contribution in [0.3, 0.4) is 0 Å². The first-order valence-corrected chi connectivity index (χ1v) is 7.97. The number of hydrogen-bond acceptors (Lipinski definition) is 3. The molecule has 0 aliphatic carbocycles. The normalized spacial score (nSPS) is 12.8. The summed E-state index contributed by atoms with van der Waals surface area (Å²) in [6, 6.07) is 10.9. The Bertz CT molecular complexity index is 734. The number of ether oxygens (including phenoxy) is 2. The van der Waals surface area contributed by atoms with Gasteiger partial charge in [0.15, 0.2) is 11.5 Å². The highest BCUT2D eigenvalue weighted by atomic mass is 35.5. The van der Waals surface area contributed by atoms with Crippen LogP contribution in [0.15, 0.2) is 36.4 Å². The zero-order valence-corrected chi connectivity index (χ0v) is 13.8. The van der Waals surface area contributed by atoms with Gasteiger partial charge in [-0.15, -0.1) is 0 Å². The molecule has 0 spiro atoms. The Labute approximate surface area is 144 Å². The summed E-state index contributed by atoms with van der Waals surface area (Å²) in [6.07, 6.45) is 0.209.